The highest BCUT2D eigenvalue weighted by molar-refractivity contribution is 5.86. The standard InChI is InChI=1S/C20H27NO4/c1-25-15-7-5-14(6-8-15)20(11-3-2-4-12-20)13-21-18(22)16-9-10-17(16)19(23)24/h5-8,16-17H,2-4,9-13H2,1H3,(H,21,22)(H,23,24). The van der Waals surface area contributed by atoms with Crippen molar-refractivity contribution in [3.05, 3.63) is 29.8 Å². The van der Waals surface area contributed by atoms with Crippen LogP contribution in [0.3, 0.4) is 0 Å². The number of amides is 1. The topological polar surface area (TPSA) is 75.6 Å². The molecule has 2 aliphatic rings. The fourth-order valence-electron chi connectivity index (χ4n) is 4.24. The number of hydrogen-bond acceptors (Lipinski definition) is 3. The molecule has 0 spiro atoms. The molecule has 1 aromatic carbocycles. The normalized spacial score (nSPS) is 24.8. The van der Waals surface area contributed by atoms with Gasteiger partial charge in [-0.3, -0.25) is 9.59 Å². The summed E-state index contributed by atoms with van der Waals surface area (Å²) in [4.78, 5) is 23.6. The Labute approximate surface area is 148 Å². The molecule has 2 saturated carbocycles. The largest absolute Gasteiger partial charge is 0.497 e. The summed E-state index contributed by atoms with van der Waals surface area (Å²) in [5, 5.41) is 12.2. The second-order valence-electron chi connectivity index (χ2n) is 7.42. The Morgan fingerprint density at radius 2 is 1.76 bits per heavy atom. The van der Waals surface area contributed by atoms with Gasteiger partial charge in [0.15, 0.2) is 0 Å². The molecular weight excluding hydrogens is 318 g/mol. The number of carbonyl (C=O) groups is 2. The summed E-state index contributed by atoms with van der Waals surface area (Å²) in [5.74, 6) is -0.999. The number of aliphatic carboxylic acids is 1. The molecule has 0 aliphatic heterocycles. The van der Waals surface area contributed by atoms with Gasteiger partial charge in [0, 0.05) is 12.0 Å². The molecule has 0 aromatic heterocycles. The molecular formula is C20H27NO4. The number of carboxylic acids is 1. The molecule has 1 amide bonds. The summed E-state index contributed by atoms with van der Waals surface area (Å²) in [6, 6.07) is 8.14. The van der Waals surface area contributed by atoms with Crippen molar-refractivity contribution in [2.75, 3.05) is 13.7 Å². The van der Waals surface area contributed by atoms with Crippen molar-refractivity contribution in [2.45, 2.75) is 50.4 Å². The molecule has 2 aliphatic carbocycles. The molecule has 5 nitrogen and oxygen atoms in total. The molecule has 2 fully saturated rings. The van der Waals surface area contributed by atoms with Crippen LogP contribution in [0.1, 0.15) is 50.5 Å². The molecule has 25 heavy (non-hydrogen) atoms. The number of carboxylic acid groups (broad SMARTS) is 1. The van der Waals surface area contributed by atoms with Crippen LogP contribution in [0.2, 0.25) is 0 Å². The summed E-state index contributed by atoms with van der Waals surface area (Å²) >= 11 is 0. The molecule has 136 valence electrons. The van der Waals surface area contributed by atoms with Gasteiger partial charge in [-0.1, -0.05) is 31.4 Å². The van der Waals surface area contributed by atoms with E-state index in [0.717, 1.165) is 31.4 Å². The molecule has 0 radical (unpaired) electrons. The van der Waals surface area contributed by atoms with Crippen LogP contribution in [-0.2, 0) is 15.0 Å². The number of nitrogens with one attached hydrogen (secondary N) is 1. The zero-order valence-electron chi connectivity index (χ0n) is 14.8. The SMILES string of the molecule is COc1ccc(C2(CNC(=O)C3CCC3C(=O)O)CCCCC2)cc1. The number of ether oxygens (including phenoxy) is 1. The Balaban J connectivity index is 1.70. The minimum atomic E-state index is -0.853. The van der Waals surface area contributed by atoms with E-state index in [1.807, 2.05) is 12.1 Å². The average Bonchev–Trinajstić information content (AvgIpc) is 2.59. The first-order chi connectivity index (χ1) is 12.1. The van der Waals surface area contributed by atoms with Gasteiger partial charge in [0.05, 0.1) is 18.9 Å². The van der Waals surface area contributed by atoms with Crippen LogP contribution >= 0.6 is 0 Å². The lowest BCUT2D eigenvalue weighted by Gasteiger charge is -2.39. The zero-order chi connectivity index (χ0) is 17.9. The maximum absolute atomic E-state index is 12.5. The summed E-state index contributed by atoms with van der Waals surface area (Å²) in [5.41, 5.74) is 1.18. The number of benzene rings is 1. The second kappa shape index (κ2) is 7.46. The maximum Gasteiger partial charge on any atom is 0.307 e. The van der Waals surface area contributed by atoms with Crippen molar-refractivity contribution < 1.29 is 19.4 Å². The minimum absolute atomic E-state index is 0.0529. The summed E-state index contributed by atoms with van der Waals surface area (Å²) in [7, 11) is 1.66. The first-order valence-electron chi connectivity index (χ1n) is 9.21. The van der Waals surface area contributed by atoms with Crippen molar-refractivity contribution >= 4 is 11.9 Å². The maximum atomic E-state index is 12.5. The average molecular weight is 345 g/mol. The fraction of sp³-hybridized carbons (Fsp3) is 0.600. The third-order valence-electron chi connectivity index (χ3n) is 6.04. The van der Waals surface area contributed by atoms with Gasteiger partial charge >= 0.3 is 5.97 Å². The minimum Gasteiger partial charge on any atom is -0.497 e. The van der Waals surface area contributed by atoms with E-state index in [4.69, 9.17) is 9.84 Å². The molecule has 0 saturated heterocycles. The van der Waals surface area contributed by atoms with Gasteiger partial charge in [-0.15, -0.1) is 0 Å². The summed E-state index contributed by atoms with van der Waals surface area (Å²) in [6.07, 6.45) is 6.93. The fourth-order valence-corrected chi connectivity index (χ4v) is 4.24. The quantitative estimate of drug-likeness (QED) is 0.830. The van der Waals surface area contributed by atoms with Crippen molar-refractivity contribution in [3.63, 3.8) is 0 Å². The third-order valence-corrected chi connectivity index (χ3v) is 6.04. The van der Waals surface area contributed by atoms with E-state index in [0.29, 0.717) is 19.4 Å². The first kappa shape index (κ1) is 17.8. The molecule has 3 rings (SSSR count). The smallest absolute Gasteiger partial charge is 0.307 e. The Morgan fingerprint density at radius 3 is 2.28 bits per heavy atom. The van der Waals surface area contributed by atoms with Gasteiger partial charge in [0.2, 0.25) is 5.91 Å². The Bertz CT molecular complexity index is 619. The number of methoxy groups -OCH3 is 1. The molecule has 2 atom stereocenters. The Morgan fingerprint density at radius 1 is 1.12 bits per heavy atom. The third kappa shape index (κ3) is 3.65. The highest BCUT2D eigenvalue weighted by Gasteiger charge is 2.42. The van der Waals surface area contributed by atoms with E-state index in [9.17, 15) is 9.59 Å². The number of hydrogen-bond donors (Lipinski definition) is 2. The van der Waals surface area contributed by atoms with E-state index in [1.165, 1.54) is 12.0 Å². The molecule has 5 heteroatoms. The second-order valence-corrected chi connectivity index (χ2v) is 7.42. The van der Waals surface area contributed by atoms with E-state index < -0.39 is 11.9 Å². The van der Waals surface area contributed by atoms with Gasteiger partial charge in [-0.2, -0.15) is 0 Å². The zero-order valence-corrected chi connectivity index (χ0v) is 14.8. The molecule has 1 aromatic rings. The van der Waals surface area contributed by atoms with Gasteiger partial charge < -0.3 is 15.2 Å². The first-order valence-corrected chi connectivity index (χ1v) is 9.21. The van der Waals surface area contributed by atoms with E-state index >= 15 is 0 Å². The van der Waals surface area contributed by atoms with Crippen molar-refractivity contribution in [1.82, 2.24) is 5.32 Å². The van der Waals surface area contributed by atoms with Crippen LogP contribution in [0.5, 0.6) is 5.75 Å². The van der Waals surface area contributed by atoms with Crippen LogP contribution in [0.15, 0.2) is 24.3 Å². The van der Waals surface area contributed by atoms with E-state index in [2.05, 4.69) is 17.4 Å². The van der Waals surface area contributed by atoms with Gasteiger partial charge in [-0.25, -0.2) is 0 Å². The van der Waals surface area contributed by atoms with Gasteiger partial charge in [0.1, 0.15) is 5.75 Å². The molecule has 0 heterocycles. The number of rotatable bonds is 6. The Hall–Kier alpha value is -2.04. The lowest BCUT2D eigenvalue weighted by atomic mass is 9.69. The van der Waals surface area contributed by atoms with Gasteiger partial charge in [0.25, 0.3) is 0 Å². The van der Waals surface area contributed by atoms with Crippen molar-refractivity contribution in [1.29, 1.82) is 0 Å². The highest BCUT2D eigenvalue weighted by Crippen LogP contribution is 2.40. The highest BCUT2D eigenvalue weighted by atomic mass is 16.5. The van der Waals surface area contributed by atoms with Gasteiger partial charge in [-0.05, 0) is 43.4 Å². The van der Waals surface area contributed by atoms with Crippen molar-refractivity contribution in [3.8, 4) is 5.75 Å². The molecule has 2 unspecified atom stereocenters. The van der Waals surface area contributed by atoms with Crippen molar-refractivity contribution in [2.24, 2.45) is 11.8 Å². The van der Waals surface area contributed by atoms with Crippen LogP contribution in [0.4, 0.5) is 0 Å². The van der Waals surface area contributed by atoms with E-state index in [-0.39, 0.29) is 17.2 Å². The van der Waals surface area contributed by atoms with Crippen LogP contribution in [0, 0.1) is 11.8 Å². The summed E-state index contributed by atoms with van der Waals surface area (Å²) < 4.78 is 5.25. The van der Waals surface area contributed by atoms with E-state index in [1.54, 1.807) is 7.11 Å². The predicted octanol–water partition coefficient (Wildman–Crippen LogP) is 3.12. The lowest BCUT2D eigenvalue weighted by molar-refractivity contribution is -0.152. The molecule has 0 bridgehead atoms. The number of carbonyl (C=O) groups excluding carboxylic acids is 1. The lowest BCUT2D eigenvalue weighted by Crippen LogP contribution is -2.48. The van der Waals surface area contributed by atoms with Crippen LogP contribution in [-0.4, -0.2) is 30.6 Å². The molecule has 2 N–H and O–H groups in total. The monoisotopic (exact) mass is 345 g/mol. The van der Waals surface area contributed by atoms with Crippen LogP contribution in [0.25, 0.3) is 0 Å². The predicted molar refractivity (Wildman–Crippen MR) is 94.6 cm³/mol. The van der Waals surface area contributed by atoms with Crippen LogP contribution < -0.4 is 10.1 Å². The Kier molecular flexibility index (Phi) is 5.30. The summed E-state index contributed by atoms with van der Waals surface area (Å²) in [6.45, 7) is 0.584.